The highest BCUT2D eigenvalue weighted by atomic mass is 32.2. The van der Waals surface area contributed by atoms with Gasteiger partial charge in [-0.25, -0.2) is 0 Å². The van der Waals surface area contributed by atoms with Gasteiger partial charge in [0.05, 0.1) is 17.1 Å². The summed E-state index contributed by atoms with van der Waals surface area (Å²) >= 11 is 1.25. The second-order valence-corrected chi connectivity index (χ2v) is 8.33. The molecule has 2 heterocycles. The summed E-state index contributed by atoms with van der Waals surface area (Å²) in [4.78, 5) is 12.8. The Morgan fingerprint density at radius 1 is 1.09 bits per heavy atom. The van der Waals surface area contributed by atoms with E-state index in [4.69, 9.17) is 4.42 Å². The van der Waals surface area contributed by atoms with Crippen molar-refractivity contribution in [2.75, 3.05) is 5.32 Å². The highest BCUT2D eigenvalue weighted by Gasteiger charge is 2.23. The van der Waals surface area contributed by atoms with Crippen LogP contribution in [0.2, 0.25) is 0 Å². The largest absolute Gasteiger partial charge is 0.469 e. The SMILES string of the molecule is Cc1occc1-c1nnc(SC(C)C(=O)Nc2ccc(OC(F)F)cc2)n1-c1ccccc1. The van der Waals surface area contributed by atoms with E-state index < -0.39 is 11.9 Å². The Bertz CT molecular complexity index is 1230. The minimum Gasteiger partial charge on any atom is -0.469 e. The van der Waals surface area contributed by atoms with Crippen LogP contribution in [0.3, 0.4) is 0 Å². The van der Waals surface area contributed by atoms with Crippen LogP contribution in [-0.2, 0) is 4.79 Å². The number of carbonyl (C=O) groups excluding carboxylic acids is 1. The van der Waals surface area contributed by atoms with Crippen molar-refractivity contribution in [2.24, 2.45) is 0 Å². The van der Waals surface area contributed by atoms with Gasteiger partial charge in [-0.1, -0.05) is 30.0 Å². The molecule has 4 aromatic rings. The zero-order chi connectivity index (χ0) is 23.4. The predicted octanol–water partition coefficient (Wildman–Crippen LogP) is 5.56. The molecule has 7 nitrogen and oxygen atoms in total. The monoisotopic (exact) mass is 470 g/mol. The first-order chi connectivity index (χ1) is 15.9. The van der Waals surface area contributed by atoms with E-state index >= 15 is 0 Å². The number of nitrogens with one attached hydrogen (secondary N) is 1. The third-order valence-corrected chi connectivity index (χ3v) is 5.79. The maximum atomic E-state index is 12.8. The molecular formula is C23H20F2N4O3S. The number of aryl methyl sites for hydroxylation is 1. The van der Waals surface area contributed by atoms with E-state index in [0.29, 0.717) is 22.4 Å². The quantitative estimate of drug-likeness (QED) is 0.340. The average Bonchev–Trinajstić information content (AvgIpc) is 3.41. The van der Waals surface area contributed by atoms with Crippen LogP contribution >= 0.6 is 11.8 Å². The molecule has 0 saturated heterocycles. The maximum absolute atomic E-state index is 12.8. The number of aromatic nitrogens is 3. The van der Waals surface area contributed by atoms with Crippen LogP contribution in [0.25, 0.3) is 17.1 Å². The molecule has 1 amide bonds. The number of hydrogen-bond donors (Lipinski definition) is 1. The number of halogens is 2. The molecule has 0 radical (unpaired) electrons. The number of rotatable bonds is 8. The fraction of sp³-hybridized carbons (Fsp3) is 0.174. The summed E-state index contributed by atoms with van der Waals surface area (Å²) < 4.78 is 36.2. The molecule has 1 N–H and O–H groups in total. The van der Waals surface area contributed by atoms with E-state index in [0.717, 1.165) is 11.3 Å². The van der Waals surface area contributed by atoms with Crippen LogP contribution in [0.5, 0.6) is 5.75 Å². The molecule has 0 bridgehead atoms. The van der Waals surface area contributed by atoms with Gasteiger partial charge in [0.15, 0.2) is 11.0 Å². The highest BCUT2D eigenvalue weighted by molar-refractivity contribution is 8.00. The van der Waals surface area contributed by atoms with Crippen molar-refractivity contribution in [2.45, 2.75) is 30.9 Å². The van der Waals surface area contributed by atoms with Crippen LogP contribution in [-0.4, -0.2) is 32.5 Å². The Morgan fingerprint density at radius 3 is 2.45 bits per heavy atom. The Labute approximate surface area is 192 Å². The normalized spacial score (nSPS) is 12.0. The molecule has 170 valence electrons. The molecule has 1 atom stereocenters. The fourth-order valence-electron chi connectivity index (χ4n) is 3.12. The van der Waals surface area contributed by atoms with E-state index in [1.165, 1.54) is 36.0 Å². The van der Waals surface area contributed by atoms with Gasteiger partial charge < -0.3 is 14.5 Å². The van der Waals surface area contributed by atoms with E-state index in [-0.39, 0.29) is 11.7 Å². The molecule has 4 rings (SSSR count). The molecule has 0 aliphatic carbocycles. The lowest BCUT2D eigenvalue weighted by Gasteiger charge is -2.14. The third-order valence-electron chi connectivity index (χ3n) is 4.75. The van der Waals surface area contributed by atoms with E-state index in [1.807, 2.05) is 47.9 Å². The van der Waals surface area contributed by atoms with Crippen LogP contribution in [0, 0.1) is 6.92 Å². The van der Waals surface area contributed by atoms with Gasteiger partial charge in [0.25, 0.3) is 0 Å². The highest BCUT2D eigenvalue weighted by Crippen LogP contribution is 2.32. The number of benzene rings is 2. The molecule has 33 heavy (non-hydrogen) atoms. The molecule has 0 spiro atoms. The number of nitrogens with zero attached hydrogens (tertiary/aromatic N) is 3. The van der Waals surface area contributed by atoms with Crippen LogP contribution in [0.4, 0.5) is 14.5 Å². The van der Waals surface area contributed by atoms with E-state index in [1.54, 1.807) is 13.2 Å². The van der Waals surface area contributed by atoms with E-state index in [9.17, 15) is 13.6 Å². The standard InChI is InChI=1S/C23H20F2N4O3S/c1-14-19(12-13-31-14)20-27-28-23(29(20)17-6-4-3-5-7-17)33-15(2)21(30)26-16-8-10-18(11-9-16)32-22(24)25/h3-13,15,22H,1-2H3,(H,26,30). The number of amides is 1. The Kier molecular flexibility index (Phi) is 6.74. The number of para-hydroxylation sites is 1. The third kappa shape index (κ3) is 5.23. The lowest BCUT2D eigenvalue weighted by Crippen LogP contribution is -2.22. The van der Waals surface area contributed by atoms with Gasteiger partial charge in [-0.3, -0.25) is 9.36 Å². The molecule has 0 aliphatic rings. The van der Waals surface area contributed by atoms with Gasteiger partial charge in [-0.2, -0.15) is 8.78 Å². The molecule has 0 saturated carbocycles. The lowest BCUT2D eigenvalue weighted by atomic mass is 10.2. The number of ether oxygens (including phenoxy) is 1. The lowest BCUT2D eigenvalue weighted by molar-refractivity contribution is -0.115. The summed E-state index contributed by atoms with van der Waals surface area (Å²) in [6.45, 7) is 0.695. The Morgan fingerprint density at radius 2 is 1.82 bits per heavy atom. The second-order valence-electron chi connectivity index (χ2n) is 7.02. The number of anilines is 1. The first-order valence-corrected chi connectivity index (χ1v) is 10.9. The summed E-state index contributed by atoms with van der Waals surface area (Å²) in [6, 6.07) is 17.2. The summed E-state index contributed by atoms with van der Waals surface area (Å²) in [5.41, 5.74) is 2.12. The minimum absolute atomic E-state index is 0.0171. The van der Waals surface area contributed by atoms with Crippen LogP contribution < -0.4 is 10.1 Å². The molecule has 2 aromatic heterocycles. The maximum Gasteiger partial charge on any atom is 0.387 e. The predicted molar refractivity (Wildman–Crippen MR) is 121 cm³/mol. The summed E-state index contributed by atoms with van der Waals surface area (Å²) in [6.07, 6.45) is 1.59. The first-order valence-electron chi connectivity index (χ1n) is 10.00. The zero-order valence-corrected chi connectivity index (χ0v) is 18.6. The number of carbonyl (C=O) groups is 1. The molecule has 0 fully saturated rings. The van der Waals surface area contributed by atoms with Gasteiger partial charge >= 0.3 is 6.61 Å². The number of furan rings is 1. The second kappa shape index (κ2) is 9.86. The molecule has 2 aromatic carbocycles. The molecule has 10 heteroatoms. The Hall–Kier alpha value is -3.66. The van der Waals surface area contributed by atoms with Crippen molar-refractivity contribution in [3.05, 3.63) is 72.7 Å². The average molecular weight is 471 g/mol. The number of hydrogen-bond acceptors (Lipinski definition) is 6. The first kappa shape index (κ1) is 22.5. The van der Waals surface area contributed by atoms with Gasteiger partial charge in [0.1, 0.15) is 11.5 Å². The molecular weight excluding hydrogens is 450 g/mol. The summed E-state index contributed by atoms with van der Waals surface area (Å²) in [5.74, 6) is 1.06. The van der Waals surface area contributed by atoms with Gasteiger partial charge in [-0.05, 0) is 56.3 Å². The summed E-state index contributed by atoms with van der Waals surface area (Å²) in [5, 5.41) is 11.5. The fourth-order valence-corrected chi connectivity index (χ4v) is 3.99. The topological polar surface area (TPSA) is 82.2 Å². The van der Waals surface area contributed by atoms with Crippen molar-refractivity contribution >= 4 is 23.4 Å². The van der Waals surface area contributed by atoms with E-state index in [2.05, 4.69) is 20.3 Å². The Balaban J connectivity index is 1.54. The van der Waals surface area contributed by atoms with Crippen molar-refractivity contribution in [3.8, 4) is 22.8 Å². The van der Waals surface area contributed by atoms with Crippen molar-refractivity contribution in [1.29, 1.82) is 0 Å². The van der Waals surface area contributed by atoms with Crippen LogP contribution in [0.1, 0.15) is 12.7 Å². The van der Waals surface area contributed by atoms with Gasteiger partial charge in [0, 0.05) is 11.4 Å². The molecule has 1 unspecified atom stereocenters. The van der Waals surface area contributed by atoms with Crippen molar-refractivity contribution < 1.29 is 22.7 Å². The van der Waals surface area contributed by atoms with Gasteiger partial charge in [0.2, 0.25) is 5.91 Å². The minimum atomic E-state index is -2.90. The summed E-state index contributed by atoms with van der Waals surface area (Å²) in [7, 11) is 0. The van der Waals surface area contributed by atoms with Gasteiger partial charge in [-0.15, -0.1) is 10.2 Å². The zero-order valence-electron chi connectivity index (χ0n) is 17.7. The smallest absolute Gasteiger partial charge is 0.387 e. The molecule has 0 aliphatic heterocycles. The number of thioether (sulfide) groups is 1. The van der Waals surface area contributed by atoms with Crippen molar-refractivity contribution in [3.63, 3.8) is 0 Å². The number of alkyl halides is 2. The van der Waals surface area contributed by atoms with Crippen molar-refractivity contribution in [1.82, 2.24) is 14.8 Å². The van der Waals surface area contributed by atoms with Crippen LogP contribution in [0.15, 0.2) is 76.5 Å².